The monoisotopic (exact) mass is 404 g/mol. The van der Waals surface area contributed by atoms with Gasteiger partial charge in [0, 0.05) is 19.6 Å². The molecule has 7 nitrogen and oxygen atoms in total. The van der Waals surface area contributed by atoms with Gasteiger partial charge < -0.3 is 10.1 Å². The summed E-state index contributed by atoms with van der Waals surface area (Å²) >= 11 is 6.00. The maximum atomic E-state index is 12.6. The largest absolute Gasteiger partial charge is 0.452 e. The second-order valence-electron chi connectivity index (χ2n) is 6.01. The van der Waals surface area contributed by atoms with Crippen molar-refractivity contribution >= 4 is 33.5 Å². The van der Waals surface area contributed by atoms with Crippen molar-refractivity contribution in [1.82, 2.24) is 9.62 Å². The Morgan fingerprint density at radius 3 is 2.38 bits per heavy atom. The molecule has 1 rings (SSSR count). The Bertz CT molecular complexity index is 746. The molecule has 0 saturated carbocycles. The first kappa shape index (κ1) is 22.4. The standard InChI is InChI=1S/C17H25ClN2O5S/c1-5-20(6-2)26(23,24)13-7-8-15(18)14(9-13)17(22)25-11-16(21)19-10-12(3)4/h7-9,12H,5-6,10-11H2,1-4H3,(H,19,21). The first-order valence-electron chi connectivity index (χ1n) is 8.36. The molecule has 0 aliphatic heterocycles. The zero-order chi connectivity index (χ0) is 19.9. The van der Waals surface area contributed by atoms with Gasteiger partial charge in [0.1, 0.15) is 0 Å². The number of rotatable bonds is 9. The Balaban J connectivity index is 2.93. The number of hydrogen-bond donors (Lipinski definition) is 1. The minimum Gasteiger partial charge on any atom is -0.452 e. The second-order valence-corrected chi connectivity index (χ2v) is 8.35. The molecule has 0 unspecified atom stereocenters. The number of carbonyl (C=O) groups excluding carboxylic acids is 2. The van der Waals surface area contributed by atoms with Crippen LogP contribution in [-0.4, -0.2) is 50.8 Å². The summed E-state index contributed by atoms with van der Waals surface area (Å²) in [6.07, 6.45) is 0. The van der Waals surface area contributed by atoms with Crippen molar-refractivity contribution in [3.8, 4) is 0 Å². The minimum atomic E-state index is -3.74. The maximum absolute atomic E-state index is 12.6. The molecule has 0 aromatic heterocycles. The van der Waals surface area contributed by atoms with E-state index >= 15 is 0 Å². The van der Waals surface area contributed by atoms with Crippen LogP contribution in [0.25, 0.3) is 0 Å². The number of nitrogens with zero attached hydrogens (tertiary/aromatic N) is 1. The van der Waals surface area contributed by atoms with Crippen molar-refractivity contribution in [2.45, 2.75) is 32.6 Å². The van der Waals surface area contributed by atoms with E-state index in [2.05, 4.69) is 5.32 Å². The molecule has 1 N–H and O–H groups in total. The third-order valence-corrected chi connectivity index (χ3v) is 5.92. The third kappa shape index (κ3) is 5.96. The molecular formula is C17H25ClN2O5S. The molecule has 0 radical (unpaired) electrons. The topological polar surface area (TPSA) is 92.8 Å². The highest BCUT2D eigenvalue weighted by molar-refractivity contribution is 7.89. The molecule has 0 bridgehead atoms. The lowest BCUT2D eigenvalue weighted by atomic mass is 10.2. The van der Waals surface area contributed by atoms with Gasteiger partial charge in [-0.25, -0.2) is 13.2 Å². The molecule has 0 atom stereocenters. The summed E-state index contributed by atoms with van der Waals surface area (Å²) in [4.78, 5) is 23.8. The van der Waals surface area contributed by atoms with Gasteiger partial charge in [-0.1, -0.05) is 39.3 Å². The number of hydrogen-bond acceptors (Lipinski definition) is 5. The molecule has 0 heterocycles. The van der Waals surface area contributed by atoms with Gasteiger partial charge in [0.15, 0.2) is 6.61 Å². The van der Waals surface area contributed by atoms with E-state index in [1.165, 1.54) is 22.5 Å². The van der Waals surface area contributed by atoms with Crippen LogP contribution < -0.4 is 5.32 Å². The average Bonchev–Trinajstić information content (AvgIpc) is 2.58. The van der Waals surface area contributed by atoms with Gasteiger partial charge in [-0.2, -0.15) is 4.31 Å². The van der Waals surface area contributed by atoms with E-state index in [4.69, 9.17) is 16.3 Å². The highest BCUT2D eigenvalue weighted by Gasteiger charge is 2.24. The van der Waals surface area contributed by atoms with Crippen LogP contribution in [0, 0.1) is 5.92 Å². The lowest BCUT2D eigenvalue weighted by Gasteiger charge is -2.19. The highest BCUT2D eigenvalue weighted by Crippen LogP contribution is 2.23. The van der Waals surface area contributed by atoms with E-state index in [1.807, 2.05) is 13.8 Å². The van der Waals surface area contributed by atoms with Crippen LogP contribution in [0.5, 0.6) is 0 Å². The normalized spacial score (nSPS) is 11.7. The number of nitrogens with one attached hydrogen (secondary N) is 1. The van der Waals surface area contributed by atoms with Gasteiger partial charge in [-0.05, 0) is 24.1 Å². The number of esters is 1. The van der Waals surface area contributed by atoms with Crippen LogP contribution in [0.4, 0.5) is 0 Å². The van der Waals surface area contributed by atoms with Crippen molar-refractivity contribution in [2.75, 3.05) is 26.2 Å². The molecule has 9 heteroatoms. The van der Waals surface area contributed by atoms with E-state index in [0.717, 1.165) is 0 Å². The zero-order valence-corrected chi connectivity index (χ0v) is 17.0. The van der Waals surface area contributed by atoms with Gasteiger partial charge in [-0.3, -0.25) is 4.79 Å². The van der Waals surface area contributed by atoms with Crippen molar-refractivity contribution in [3.05, 3.63) is 28.8 Å². The number of benzene rings is 1. The predicted octanol–water partition coefficient (Wildman–Crippen LogP) is 2.30. The fraction of sp³-hybridized carbons (Fsp3) is 0.529. The van der Waals surface area contributed by atoms with E-state index in [0.29, 0.717) is 19.6 Å². The molecule has 0 spiro atoms. The molecule has 0 fully saturated rings. The fourth-order valence-corrected chi connectivity index (χ4v) is 3.79. The van der Waals surface area contributed by atoms with Crippen LogP contribution in [-0.2, 0) is 19.6 Å². The Morgan fingerprint density at radius 1 is 1.23 bits per heavy atom. The summed E-state index contributed by atoms with van der Waals surface area (Å²) in [6.45, 7) is 7.93. The van der Waals surface area contributed by atoms with E-state index in [1.54, 1.807) is 13.8 Å². The van der Waals surface area contributed by atoms with E-state index < -0.39 is 28.5 Å². The number of sulfonamides is 1. The lowest BCUT2D eigenvalue weighted by Crippen LogP contribution is -2.32. The summed E-state index contributed by atoms with van der Waals surface area (Å²) < 4.78 is 31.3. The lowest BCUT2D eigenvalue weighted by molar-refractivity contribution is -0.124. The van der Waals surface area contributed by atoms with Gasteiger partial charge in [0.05, 0.1) is 15.5 Å². The predicted molar refractivity (Wildman–Crippen MR) is 99.7 cm³/mol. The molecule has 146 valence electrons. The Kier molecular flexibility index (Phi) is 8.52. The quantitative estimate of drug-likeness (QED) is 0.637. The molecule has 0 aliphatic carbocycles. The van der Waals surface area contributed by atoms with Crippen LogP contribution in [0.3, 0.4) is 0 Å². The van der Waals surface area contributed by atoms with Crippen molar-refractivity contribution < 1.29 is 22.7 Å². The van der Waals surface area contributed by atoms with Crippen LogP contribution >= 0.6 is 11.6 Å². The molecule has 1 aromatic rings. The summed E-state index contributed by atoms with van der Waals surface area (Å²) in [7, 11) is -3.74. The van der Waals surface area contributed by atoms with Gasteiger partial charge in [0.25, 0.3) is 5.91 Å². The van der Waals surface area contributed by atoms with Crippen LogP contribution in [0.15, 0.2) is 23.1 Å². The molecule has 26 heavy (non-hydrogen) atoms. The van der Waals surface area contributed by atoms with Gasteiger partial charge in [-0.15, -0.1) is 0 Å². The Morgan fingerprint density at radius 2 is 1.85 bits per heavy atom. The molecule has 1 aromatic carbocycles. The smallest absolute Gasteiger partial charge is 0.340 e. The van der Waals surface area contributed by atoms with Crippen molar-refractivity contribution in [3.63, 3.8) is 0 Å². The summed E-state index contributed by atoms with van der Waals surface area (Å²) in [6, 6.07) is 3.83. The summed E-state index contributed by atoms with van der Waals surface area (Å²) in [5, 5.41) is 2.67. The van der Waals surface area contributed by atoms with E-state index in [-0.39, 0.29) is 21.4 Å². The SMILES string of the molecule is CCN(CC)S(=O)(=O)c1ccc(Cl)c(C(=O)OCC(=O)NCC(C)C)c1. The number of halogens is 1. The Labute approximate surface area is 159 Å². The minimum absolute atomic E-state index is 0.0519. The van der Waals surface area contributed by atoms with E-state index in [9.17, 15) is 18.0 Å². The number of ether oxygens (including phenoxy) is 1. The fourth-order valence-electron chi connectivity index (χ4n) is 2.11. The highest BCUT2D eigenvalue weighted by atomic mass is 35.5. The van der Waals surface area contributed by atoms with Crippen molar-refractivity contribution in [2.24, 2.45) is 5.92 Å². The molecule has 0 aliphatic rings. The third-order valence-electron chi connectivity index (χ3n) is 3.54. The van der Waals surface area contributed by atoms with Crippen molar-refractivity contribution in [1.29, 1.82) is 0 Å². The number of carbonyl (C=O) groups is 2. The van der Waals surface area contributed by atoms with Gasteiger partial charge in [0.2, 0.25) is 10.0 Å². The Hall–Kier alpha value is -1.64. The van der Waals surface area contributed by atoms with Gasteiger partial charge >= 0.3 is 5.97 Å². The number of amides is 1. The van der Waals surface area contributed by atoms with Crippen LogP contribution in [0.1, 0.15) is 38.1 Å². The summed E-state index contributed by atoms with van der Waals surface area (Å²) in [5.74, 6) is -1.02. The second kappa shape index (κ2) is 9.89. The molecule has 1 amide bonds. The zero-order valence-electron chi connectivity index (χ0n) is 15.4. The first-order valence-corrected chi connectivity index (χ1v) is 10.2. The molecular weight excluding hydrogens is 380 g/mol. The summed E-state index contributed by atoms with van der Waals surface area (Å²) in [5.41, 5.74) is -0.100. The first-order chi connectivity index (χ1) is 12.1. The average molecular weight is 405 g/mol. The van der Waals surface area contributed by atoms with Crippen LogP contribution in [0.2, 0.25) is 5.02 Å². The maximum Gasteiger partial charge on any atom is 0.340 e. The molecule has 0 saturated heterocycles.